The van der Waals surface area contributed by atoms with E-state index < -0.39 is 16.8 Å². The summed E-state index contributed by atoms with van der Waals surface area (Å²) < 4.78 is 11.0. The van der Waals surface area contributed by atoms with Gasteiger partial charge in [0.1, 0.15) is 6.04 Å². The van der Waals surface area contributed by atoms with Gasteiger partial charge in [0, 0.05) is 28.9 Å². The Kier molecular flexibility index (Phi) is 5.31. The number of amides is 1. The third kappa shape index (κ3) is 4.66. The molecule has 0 aliphatic carbocycles. The Morgan fingerprint density at radius 3 is 2.53 bits per heavy atom. The van der Waals surface area contributed by atoms with E-state index in [-0.39, 0.29) is 11.9 Å². The first-order valence-electron chi connectivity index (χ1n) is 5.41. The van der Waals surface area contributed by atoms with Crippen molar-refractivity contribution in [3.05, 3.63) is 35.9 Å². The molecule has 0 saturated heterocycles. The largest absolute Gasteiger partial charge is 0.351 e. The summed E-state index contributed by atoms with van der Waals surface area (Å²) in [4.78, 5) is 11.8. The van der Waals surface area contributed by atoms with Gasteiger partial charge in [-0.15, -0.1) is 0 Å². The summed E-state index contributed by atoms with van der Waals surface area (Å²) in [5.74, 6) is 0.196. The first kappa shape index (κ1) is 13.9. The molecule has 5 heteroatoms. The van der Waals surface area contributed by atoms with Crippen molar-refractivity contribution in [3.63, 3.8) is 0 Å². The van der Waals surface area contributed by atoms with Crippen LogP contribution < -0.4 is 11.1 Å². The summed E-state index contributed by atoms with van der Waals surface area (Å²) >= 11 is 0. The molecule has 0 aliphatic rings. The molecule has 1 amide bonds. The predicted octanol–water partition coefficient (Wildman–Crippen LogP) is 0.570. The van der Waals surface area contributed by atoms with Gasteiger partial charge in [0.25, 0.3) is 0 Å². The number of hydrogen-bond donors (Lipinski definition) is 2. The Labute approximate surface area is 104 Å². The van der Waals surface area contributed by atoms with Crippen LogP contribution in [0.15, 0.2) is 30.3 Å². The molecular weight excluding hydrogens is 236 g/mol. The molecule has 17 heavy (non-hydrogen) atoms. The summed E-state index contributed by atoms with van der Waals surface area (Å²) in [6.07, 6.45) is 1.61. The standard InChI is InChI=1S/C12H18N2O2S/c1-9(8-17(2)16)14-12(15)11(13)10-6-4-3-5-7-10/h3-7,9,11H,8,13H2,1-2H3,(H,14,15). The zero-order valence-corrected chi connectivity index (χ0v) is 10.9. The molecule has 3 unspecified atom stereocenters. The van der Waals surface area contributed by atoms with Gasteiger partial charge in [-0.05, 0) is 12.5 Å². The van der Waals surface area contributed by atoms with E-state index in [0.29, 0.717) is 5.75 Å². The fourth-order valence-electron chi connectivity index (χ4n) is 1.54. The van der Waals surface area contributed by atoms with Gasteiger partial charge in [-0.25, -0.2) is 0 Å². The minimum absolute atomic E-state index is 0.136. The van der Waals surface area contributed by atoms with Crippen LogP contribution in [0.4, 0.5) is 0 Å². The molecule has 3 N–H and O–H groups in total. The average molecular weight is 254 g/mol. The van der Waals surface area contributed by atoms with E-state index in [9.17, 15) is 9.00 Å². The molecule has 0 saturated carbocycles. The predicted molar refractivity (Wildman–Crippen MR) is 69.9 cm³/mol. The number of benzene rings is 1. The van der Waals surface area contributed by atoms with E-state index in [2.05, 4.69) is 5.32 Å². The summed E-state index contributed by atoms with van der Waals surface area (Å²) in [7, 11) is -0.925. The third-order valence-corrected chi connectivity index (χ3v) is 3.28. The lowest BCUT2D eigenvalue weighted by Crippen LogP contribution is -2.41. The lowest BCUT2D eigenvalue weighted by molar-refractivity contribution is -0.122. The smallest absolute Gasteiger partial charge is 0.241 e. The molecule has 94 valence electrons. The minimum atomic E-state index is -0.925. The molecule has 0 heterocycles. The van der Waals surface area contributed by atoms with Crippen LogP contribution in [0.5, 0.6) is 0 Å². The van der Waals surface area contributed by atoms with Crippen molar-refractivity contribution < 1.29 is 9.00 Å². The molecule has 1 rings (SSSR count). The maximum absolute atomic E-state index is 11.8. The minimum Gasteiger partial charge on any atom is -0.351 e. The van der Waals surface area contributed by atoms with Gasteiger partial charge in [0.05, 0.1) is 0 Å². The summed E-state index contributed by atoms with van der Waals surface area (Å²) in [5, 5.41) is 2.75. The van der Waals surface area contributed by atoms with E-state index in [1.165, 1.54) is 0 Å². The van der Waals surface area contributed by atoms with E-state index in [4.69, 9.17) is 5.73 Å². The fourth-order valence-corrected chi connectivity index (χ4v) is 2.33. The normalized spacial score (nSPS) is 15.9. The summed E-state index contributed by atoms with van der Waals surface area (Å²) in [6, 6.07) is 8.36. The van der Waals surface area contributed by atoms with Crippen LogP contribution in [0.2, 0.25) is 0 Å². The van der Waals surface area contributed by atoms with E-state index in [0.717, 1.165) is 5.56 Å². The van der Waals surface area contributed by atoms with E-state index in [1.54, 1.807) is 6.26 Å². The molecule has 0 fully saturated rings. The molecule has 0 radical (unpaired) electrons. The highest BCUT2D eigenvalue weighted by molar-refractivity contribution is 7.84. The number of nitrogens with two attached hydrogens (primary N) is 1. The molecule has 1 aromatic carbocycles. The monoisotopic (exact) mass is 254 g/mol. The molecule has 1 aromatic rings. The highest BCUT2D eigenvalue weighted by atomic mass is 32.2. The van der Waals surface area contributed by atoms with Gasteiger partial charge in [0.2, 0.25) is 5.91 Å². The second kappa shape index (κ2) is 6.51. The van der Waals surface area contributed by atoms with Crippen molar-refractivity contribution in [2.45, 2.75) is 19.0 Å². The summed E-state index contributed by atoms with van der Waals surface area (Å²) in [6.45, 7) is 1.82. The van der Waals surface area contributed by atoms with Crippen LogP contribution in [-0.4, -0.2) is 28.2 Å². The van der Waals surface area contributed by atoms with E-state index >= 15 is 0 Å². The van der Waals surface area contributed by atoms with Crippen molar-refractivity contribution >= 4 is 16.7 Å². The Balaban J connectivity index is 2.56. The number of rotatable bonds is 5. The number of carbonyl (C=O) groups excluding carboxylic acids is 1. The van der Waals surface area contributed by atoms with Crippen molar-refractivity contribution in [2.24, 2.45) is 5.73 Å². The Bertz CT molecular complexity index is 395. The zero-order valence-electron chi connectivity index (χ0n) is 10.1. The SMILES string of the molecule is CC(CS(C)=O)NC(=O)C(N)c1ccccc1. The molecule has 0 aliphatic heterocycles. The lowest BCUT2D eigenvalue weighted by atomic mass is 10.1. The van der Waals surface area contributed by atoms with Crippen LogP contribution >= 0.6 is 0 Å². The molecule has 3 atom stereocenters. The number of hydrogen-bond acceptors (Lipinski definition) is 3. The number of nitrogens with one attached hydrogen (secondary N) is 1. The maximum Gasteiger partial charge on any atom is 0.241 e. The van der Waals surface area contributed by atoms with Gasteiger partial charge in [-0.2, -0.15) is 0 Å². The Morgan fingerprint density at radius 1 is 1.41 bits per heavy atom. The highest BCUT2D eigenvalue weighted by Crippen LogP contribution is 2.09. The van der Waals surface area contributed by atoms with Gasteiger partial charge >= 0.3 is 0 Å². The first-order valence-corrected chi connectivity index (χ1v) is 7.14. The molecule has 4 nitrogen and oxygen atoms in total. The Hall–Kier alpha value is -1.20. The topological polar surface area (TPSA) is 72.2 Å². The maximum atomic E-state index is 11.8. The zero-order chi connectivity index (χ0) is 12.8. The molecule has 0 bridgehead atoms. The second-order valence-corrected chi connectivity index (χ2v) is 5.52. The quantitative estimate of drug-likeness (QED) is 0.807. The van der Waals surface area contributed by atoms with Gasteiger partial charge < -0.3 is 11.1 Å². The fraction of sp³-hybridized carbons (Fsp3) is 0.417. The molecular formula is C12H18N2O2S. The highest BCUT2D eigenvalue weighted by Gasteiger charge is 2.17. The van der Waals surface area contributed by atoms with Crippen LogP contribution in [0.3, 0.4) is 0 Å². The third-order valence-electron chi connectivity index (χ3n) is 2.31. The van der Waals surface area contributed by atoms with Crippen molar-refractivity contribution in [1.82, 2.24) is 5.32 Å². The number of carbonyl (C=O) groups is 1. The average Bonchev–Trinajstić information content (AvgIpc) is 2.28. The van der Waals surface area contributed by atoms with Crippen LogP contribution in [0.25, 0.3) is 0 Å². The molecule has 0 spiro atoms. The second-order valence-electron chi connectivity index (χ2n) is 4.04. The van der Waals surface area contributed by atoms with Crippen molar-refractivity contribution in [1.29, 1.82) is 0 Å². The van der Waals surface area contributed by atoms with Crippen molar-refractivity contribution in [2.75, 3.05) is 12.0 Å². The van der Waals surface area contributed by atoms with Crippen LogP contribution in [0.1, 0.15) is 18.5 Å². The lowest BCUT2D eigenvalue weighted by Gasteiger charge is -2.16. The van der Waals surface area contributed by atoms with Crippen molar-refractivity contribution in [3.8, 4) is 0 Å². The van der Waals surface area contributed by atoms with E-state index in [1.807, 2.05) is 37.3 Å². The summed E-state index contributed by atoms with van der Waals surface area (Å²) in [5.41, 5.74) is 6.60. The van der Waals surface area contributed by atoms with Gasteiger partial charge in [-0.3, -0.25) is 9.00 Å². The van der Waals surface area contributed by atoms with Crippen LogP contribution in [-0.2, 0) is 15.6 Å². The van der Waals surface area contributed by atoms with Gasteiger partial charge in [-0.1, -0.05) is 30.3 Å². The first-order chi connectivity index (χ1) is 8.00. The Morgan fingerprint density at radius 2 is 2.00 bits per heavy atom. The van der Waals surface area contributed by atoms with Crippen LogP contribution in [0, 0.1) is 0 Å². The molecule has 0 aromatic heterocycles. The van der Waals surface area contributed by atoms with Gasteiger partial charge in [0.15, 0.2) is 0 Å².